The number of rotatable bonds is 4. The molecule has 0 N–H and O–H groups in total. The lowest BCUT2D eigenvalue weighted by Gasteiger charge is -2.01. The summed E-state index contributed by atoms with van der Waals surface area (Å²) in [6.07, 6.45) is 5.08. The molecule has 3 nitrogen and oxygen atoms in total. The molecule has 0 saturated heterocycles. The summed E-state index contributed by atoms with van der Waals surface area (Å²) in [5, 5.41) is 0. The van der Waals surface area contributed by atoms with Crippen LogP contribution >= 0.6 is 0 Å². The molecule has 0 fully saturated rings. The van der Waals surface area contributed by atoms with Crippen molar-refractivity contribution in [2.75, 3.05) is 6.54 Å². The van der Waals surface area contributed by atoms with Crippen LogP contribution in [0.2, 0.25) is 0 Å². The van der Waals surface area contributed by atoms with E-state index in [9.17, 15) is 4.79 Å². The molecule has 0 aliphatic carbocycles. The summed E-state index contributed by atoms with van der Waals surface area (Å²) in [6.45, 7) is 2.10. The van der Waals surface area contributed by atoms with Crippen LogP contribution in [0.15, 0.2) is 53.8 Å². The average Bonchev–Trinajstić information content (AvgIpc) is 2.40. The van der Waals surface area contributed by atoms with E-state index in [1.807, 2.05) is 43.3 Å². The van der Waals surface area contributed by atoms with Crippen molar-refractivity contribution in [2.24, 2.45) is 4.99 Å². The Morgan fingerprint density at radius 3 is 2.83 bits per heavy atom. The highest BCUT2D eigenvalue weighted by Crippen LogP contribution is 2.07. The van der Waals surface area contributed by atoms with Crippen molar-refractivity contribution >= 4 is 12.0 Å². The topological polar surface area (TPSA) is 42.3 Å². The minimum absolute atomic E-state index is 0.0354. The number of Topliss-reactive ketones (excluding diaryl/α,β-unsaturated/α-hetero) is 1. The molecule has 1 aromatic carbocycles. The van der Waals surface area contributed by atoms with E-state index < -0.39 is 0 Å². The molecule has 18 heavy (non-hydrogen) atoms. The zero-order valence-electron chi connectivity index (χ0n) is 10.2. The second-order valence-electron chi connectivity index (χ2n) is 3.99. The largest absolute Gasteiger partial charge is 0.292 e. The van der Waals surface area contributed by atoms with Crippen molar-refractivity contribution in [1.29, 1.82) is 0 Å². The van der Waals surface area contributed by atoms with Crippen LogP contribution in [0.25, 0.3) is 0 Å². The minimum atomic E-state index is 0.0354. The molecule has 90 valence electrons. The standard InChI is InChI=1S/C15H14N2O/c1-12-5-2-3-7-14(12)15(18)11-17-10-13-6-4-8-16-9-13/h2-10H,11H2,1H3. The molecular formula is C15H14N2O. The Kier molecular flexibility index (Phi) is 3.97. The second kappa shape index (κ2) is 5.87. The highest BCUT2D eigenvalue weighted by Gasteiger charge is 2.06. The molecule has 0 unspecified atom stereocenters. The van der Waals surface area contributed by atoms with Crippen molar-refractivity contribution in [3.63, 3.8) is 0 Å². The number of benzene rings is 1. The Morgan fingerprint density at radius 1 is 1.28 bits per heavy atom. The Bertz CT molecular complexity index is 562. The van der Waals surface area contributed by atoms with E-state index in [4.69, 9.17) is 0 Å². The third-order valence-corrected chi connectivity index (χ3v) is 2.61. The van der Waals surface area contributed by atoms with Gasteiger partial charge in [0.1, 0.15) is 6.54 Å². The van der Waals surface area contributed by atoms with E-state index in [-0.39, 0.29) is 12.3 Å². The Morgan fingerprint density at radius 2 is 2.11 bits per heavy atom. The van der Waals surface area contributed by atoms with Gasteiger partial charge in [-0.2, -0.15) is 0 Å². The lowest BCUT2D eigenvalue weighted by Crippen LogP contribution is -2.05. The lowest BCUT2D eigenvalue weighted by molar-refractivity contribution is 0.100. The third kappa shape index (κ3) is 3.10. The van der Waals surface area contributed by atoms with Gasteiger partial charge >= 0.3 is 0 Å². The third-order valence-electron chi connectivity index (χ3n) is 2.61. The average molecular weight is 238 g/mol. The Labute approximate surface area is 106 Å². The summed E-state index contributed by atoms with van der Waals surface area (Å²) in [7, 11) is 0. The molecule has 2 rings (SSSR count). The van der Waals surface area contributed by atoms with Crippen LogP contribution in [-0.4, -0.2) is 23.5 Å². The number of pyridine rings is 1. The van der Waals surface area contributed by atoms with Gasteiger partial charge in [-0.05, 0) is 18.6 Å². The summed E-state index contributed by atoms with van der Waals surface area (Å²) in [6, 6.07) is 11.3. The fourth-order valence-electron chi connectivity index (χ4n) is 1.66. The molecule has 1 aromatic heterocycles. The van der Waals surface area contributed by atoms with Crippen LogP contribution in [-0.2, 0) is 0 Å². The molecule has 0 radical (unpaired) electrons. The molecule has 2 aromatic rings. The maximum Gasteiger partial charge on any atom is 0.184 e. The van der Waals surface area contributed by atoms with Crippen molar-refractivity contribution in [2.45, 2.75) is 6.92 Å². The number of carbonyl (C=O) groups excluding carboxylic acids is 1. The number of nitrogens with zero attached hydrogens (tertiary/aromatic N) is 2. The van der Waals surface area contributed by atoms with Gasteiger partial charge in [0.15, 0.2) is 5.78 Å². The first-order chi connectivity index (χ1) is 8.77. The van der Waals surface area contributed by atoms with E-state index in [1.165, 1.54) is 0 Å². The SMILES string of the molecule is Cc1ccccc1C(=O)CN=Cc1cccnc1. The van der Waals surface area contributed by atoms with Gasteiger partial charge < -0.3 is 0 Å². The highest BCUT2D eigenvalue weighted by atomic mass is 16.1. The lowest BCUT2D eigenvalue weighted by atomic mass is 10.1. The number of aromatic nitrogens is 1. The van der Waals surface area contributed by atoms with Gasteiger partial charge in [0, 0.05) is 29.7 Å². The maximum absolute atomic E-state index is 11.9. The van der Waals surface area contributed by atoms with Crippen LogP contribution in [0.3, 0.4) is 0 Å². The normalized spacial score (nSPS) is 10.7. The van der Waals surface area contributed by atoms with E-state index in [1.54, 1.807) is 18.6 Å². The van der Waals surface area contributed by atoms with Gasteiger partial charge in [-0.3, -0.25) is 14.8 Å². The zero-order chi connectivity index (χ0) is 12.8. The van der Waals surface area contributed by atoms with Gasteiger partial charge in [-0.25, -0.2) is 0 Å². The predicted molar refractivity (Wildman–Crippen MR) is 72.2 cm³/mol. The second-order valence-corrected chi connectivity index (χ2v) is 3.99. The molecule has 0 aliphatic rings. The van der Waals surface area contributed by atoms with Gasteiger partial charge in [0.05, 0.1) is 0 Å². The van der Waals surface area contributed by atoms with E-state index in [0.29, 0.717) is 0 Å². The quantitative estimate of drug-likeness (QED) is 0.607. The number of aryl methyl sites for hydroxylation is 1. The monoisotopic (exact) mass is 238 g/mol. The van der Waals surface area contributed by atoms with E-state index >= 15 is 0 Å². The van der Waals surface area contributed by atoms with Crippen molar-refractivity contribution in [3.8, 4) is 0 Å². The van der Waals surface area contributed by atoms with Crippen molar-refractivity contribution in [3.05, 3.63) is 65.5 Å². The molecule has 0 spiro atoms. The fourth-order valence-corrected chi connectivity index (χ4v) is 1.66. The first kappa shape index (κ1) is 12.2. The van der Waals surface area contributed by atoms with Crippen LogP contribution < -0.4 is 0 Å². The minimum Gasteiger partial charge on any atom is -0.292 e. The van der Waals surface area contributed by atoms with Crippen LogP contribution in [0.4, 0.5) is 0 Å². The molecule has 1 heterocycles. The zero-order valence-corrected chi connectivity index (χ0v) is 10.2. The summed E-state index contributed by atoms with van der Waals surface area (Å²) in [4.78, 5) is 20.0. The number of hydrogen-bond acceptors (Lipinski definition) is 3. The molecule has 0 atom stereocenters. The maximum atomic E-state index is 11.9. The molecule has 0 saturated carbocycles. The van der Waals surface area contributed by atoms with Crippen LogP contribution in [0.1, 0.15) is 21.5 Å². The van der Waals surface area contributed by atoms with Gasteiger partial charge in [-0.15, -0.1) is 0 Å². The highest BCUT2D eigenvalue weighted by molar-refractivity contribution is 5.99. The summed E-state index contributed by atoms with van der Waals surface area (Å²) < 4.78 is 0. The fraction of sp³-hybridized carbons (Fsp3) is 0.133. The van der Waals surface area contributed by atoms with Gasteiger partial charge in [0.25, 0.3) is 0 Å². The number of aliphatic imine (C=N–C) groups is 1. The van der Waals surface area contributed by atoms with Gasteiger partial charge in [-0.1, -0.05) is 30.3 Å². The Hall–Kier alpha value is -2.29. The van der Waals surface area contributed by atoms with Crippen LogP contribution in [0.5, 0.6) is 0 Å². The van der Waals surface area contributed by atoms with Crippen molar-refractivity contribution in [1.82, 2.24) is 4.98 Å². The summed E-state index contributed by atoms with van der Waals surface area (Å²) in [5.41, 5.74) is 2.62. The first-order valence-corrected chi connectivity index (χ1v) is 5.76. The molecule has 0 bridgehead atoms. The van der Waals surface area contributed by atoms with Crippen molar-refractivity contribution < 1.29 is 4.79 Å². The first-order valence-electron chi connectivity index (χ1n) is 5.76. The smallest absolute Gasteiger partial charge is 0.184 e. The molecule has 0 aliphatic heterocycles. The van der Waals surface area contributed by atoms with E-state index in [2.05, 4.69) is 9.98 Å². The number of carbonyl (C=O) groups is 1. The number of hydrogen-bond donors (Lipinski definition) is 0. The molecule has 0 amide bonds. The molecular weight excluding hydrogens is 224 g/mol. The summed E-state index contributed by atoms with van der Waals surface area (Å²) >= 11 is 0. The predicted octanol–water partition coefficient (Wildman–Crippen LogP) is 2.69. The number of ketones is 1. The molecule has 3 heteroatoms. The van der Waals surface area contributed by atoms with Crippen LogP contribution in [0, 0.1) is 6.92 Å². The van der Waals surface area contributed by atoms with E-state index in [0.717, 1.165) is 16.7 Å². The Balaban J connectivity index is 2.01. The van der Waals surface area contributed by atoms with Gasteiger partial charge in [0.2, 0.25) is 0 Å². The summed E-state index contributed by atoms with van der Waals surface area (Å²) in [5.74, 6) is 0.0354.